The molecule has 0 N–H and O–H groups in total. The van der Waals surface area contributed by atoms with Crippen LogP contribution in [0.15, 0.2) is 60.3 Å². The lowest BCUT2D eigenvalue weighted by molar-refractivity contribution is 0.731. The zero-order chi connectivity index (χ0) is 17.8. The number of benzene rings is 2. The van der Waals surface area contributed by atoms with E-state index in [9.17, 15) is 0 Å². The number of hydrogen-bond acceptors (Lipinski definition) is 3. The fourth-order valence-electron chi connectivity index (χ4n) is 2.39. The Bertz CT molecular complexity index is 888. The van der Waals surface area contributed by atoms with Crippen molar-refractivity contribution in [2.45, 2.75) is 24.4 Å². The molecule has 0 unspecified atom stereocenters. The summed E-state index contributed by atoms with van der Waals surface area (Å²) in [7, 11) is 0. The Morgan fingerprint density at radius 1 is 1.12 bits per heavy atom. The third kappa shape index (κ3) is 4.27. The summed E-state index contributed by atoms with van der Waals surface area (Å²) in [5, 5.41) is 10.7. The van der Waals surface area contributed by atoms with Crippen LogP contribution in [-0.4, -0.2) is 14.8 Å². The molecular formula is C19H17Cl2N3S. The number of rotatable bonds is 6. The van der Waals surface area contributed by atoms with Crippen LogP contribution < -0.4 is 0 Å². The molecule has 0 amide bonds. The summed E-state index contributed by atoms with van der Waals surface area (Å²) in [6, 6.07) is 13.9. The number of nitrogens with zero attached hydrogens (tertiary/aromatic N) is 3. The smallest absolute Gasteiger partial charge is 0.192 e. The second-order valence-electron chi connectivity index (χ2n) is 5.60. The SMILES string of the molecule is C=CCn1c(SCc2ccc(C)cc2)nnc1-c1ccc(Cl)cc1Cl. The third-order valence-corrected chi connectivity index (χ3v) is 5.27. The second kappa shape index (κ2) is 8.09. The summed E-state index contributed by atoms with van der Waals surface area (Å²) in [5.74, 6) is 1.54. The number of thioether (sulfide) groups is 1. The number of halogens is 2. The molecule has 0 spiro atoms. The van der Waals surface area contributed by atoms with Crippen molar-refractivity contribution in [1.29, 1.82) is 0 Å². The van der Waals surface area contributed by atoms with E-state index in [1.165, 1.54) is 11.1 Å². The van der Waals surface area contributed by atoms with E-state index in [2.05, 4.69) is 48.0 Å². The lowest BCUT2D eigenvalue weighted by Crippen LogP contribution is -2.01. The molecule has 0 saturated heterocycles. The molecule has 0 radical (unpaired) electrons. The van der Waals surface area contributed by atoms with E-state index < -0.39 is 0 Å². The fourth-order valence-corrected chi connectivity index (χ4v) is 3.79. The van der Waals surface area contributed by atoms with Gasteiger partial charge in [0.2, 0.25) is 0 Å². The van der Waals surface area contributed by atoms with Gasteiger partial charge in [0.1, 0.15) is 0 Å². The van der Waals surface area contributed by atoms with Gasteiger partial charge < -0.3 is 0 Å². The van der Waals surface area contributed by atoms with Crippen LogP contribution in [0.4, 0.5) is 0 Å². The molecule has 0 bridgehead atoms. The minimum atomic E-state index is 0.556. The van der Waals surface area contributed by atoms with E-state index in [0.717, 1.165) is 16.5 Å². The van der Waals surface area contributed by atoms with Crippen molar-refractivity contribution in [2.24, 2.45) is 0 Å². The van der Waals surface area contributed by atoms with Gasteiger partial charge in [-0.1, -0.05) is 70.9 Å². The van der Waals surface area contributed by atoms with Crippen molar-refractivity contribution >= 4 is 35.0 Å². The van der Waals surface area contributed by atoms with Crippen LogP contribution in [0.5, 0.6) is 0 Å². The van der Waals surface area contributed by atoms with Gasteiger partial charge in [0.15, 0.2) is 11.0 Å². The summed E-state index contributed by atoms with van der Waals surface area (Å²) in [6.07, 6.45) is 1.83. The molecule has 0 aliphatic rings. The van der Waals surface area contributed by atoms with Gasteiger partial charge in [-0.2, -0.15) is 0 Å². The fraction of sp³-hybridized carbons (Fsp3) is 0.158. The van der Waals surface area contributed by atoms with E-state index >= 15 is 0 Å². The minimum Gasteiger partial charge on any atom is -0.298 e. The Morgan fingerprint density at radius 2 is 1.88 bits per heavy atom. The van der Waals surface area contributed by atoms with Crippen molar-refractivity contribution in [3.8, 4) is 11.4 Å². The Hall–Kier alpha value is -1.75. The van der Waals surface area contributed by atoms with Crippen LogP contribution in [0, 0.1) is 6.92 Å². The molecule has 0 saturated carbocycles. The van der Waals surface area contributed by atoms with Gasteiger partial charge in [-0.3, -0.25) is 4.57 Å². The molecule has 1 heterocycles. The van der Waals surface area contributed by atoms with Crippen LogP contribution in [0.2, 0.25) is 10.0 Å². The van der Waals surface area contributed by atoms with Crippen LogP contribution in [0.3, 0.4) is 0 Å². The van der Waals surface area contributed by atoms with E-state index in [1.807, 2.05) is 16.7 Å². The Balaban J connectivity index is 1.88. The van der Waals surface area contributed by atoms with Gasteiger partial charge in [-0.15, -0.1) is 16.8 Å². The first kappa shape index (κ1) is 18.1. The maximum atomic E-state index is 6.34. The molecule has 3 rings (SSSR count). The minimum absolute atomic E-state index is 0.556. The molecule has 6 heteroatoms. The number of hydrogen-bond donors (Lipinski definition) is 0. The zero-order valence-corrected chi connectivity index (χ0v) is 16.1. The van der Waals surface area contributed by atoms with Gasteiger partial charge in [0, 0.05) is 22.9 Å². The summed E-state index contributed by atoms with van der Waals surface area (Å²) in [5.41, 5.74) is 3.31. The van der Waals surface area contributed by atoms with Crippen LogP contribution in [0.1, 0.15) is 11.1 Å². The predicted molar refractivity (Wildman–Crippen MR) is 106 cm³/mol. The quantitative estimate of drug-likeness (QED) is 0.380. The lowest BCUT2D eigenvalue weighted by atomic mass is 10.2. The first-order valence-electron chi connectivity index (χ1n) is 7.76. The van der Waals surface area contributed by atoms with Crippen molar-refractivity contribution in [3.63, 3.8) is 0 Å². The molecule has 0 aliphatic heterocycles. The Kier molecular flexibility index (Phi) is 5.84. The normalized spacial score (nSPS) is 10.8. The molecule has 1 aromatic heterocycles. The lowest BCUT2D eigenvalue weighted by Gasteiger charge is -2.09. The van der Waals surface area contributed by atoms with Crippen LogP contribution >= 0.6 is 35.0 Å². The highest BCUT2D eigenvalue weighted by molar-refractivity contribution is 7.98. The molecule has 0 fully saturated rings. The maximum absolute atomic E-state index is 6.34. The Labute approximate surface area is 161 Å². The maximum Gasteiger partial charge on any atom is 0.192 e. The van der Waals surface area contributed by atoms with Gasteiger partial charge in [0.05, 0.1) is 5.02 Å². The van der Waals surface area contributed by atoms with Crippen LogP contribution in [0.25, 0.3) is 11.4 Å². The first-order chi connectivity index (χ1) is 12.1. The molecule has 0 aliphatic carbocycles. The molecule has 3 nitrogen and oxygen atoms in total. The molecule has 3 aromatic rings. The van der Waals surface area contributed by atoms with Crippen molar-refractivity contribution < 1.29 is 0 Å². The van der Waals surface area contributed by atoms with E-state index in [1.54, 1.807) is 23.9 Å². The molecule has 2 aromatic carbocycles. The highest BCUT2D eigenvalue weighted by atomic mass is 35.5. The van der Waals surface area contributed by atoms with E-state index in [-0.39, 0.29) is 0 Å². The number of allylic oxidation sites excluding steroid dienone is 1. The molecule has 128 valence electrons. The molecule has 0 atom stereocenters. The van der Waals surface area contributed by atoms with E-state index in [0.29, 0.717) is 22.4 Å². The third-order valence-electron chi connectivity index (χ3n) is 3.69. The number of aryl methyl sites for hydroxylation is 1. The predicted octanol–water partition coefficient (Wildman–Crippen LogP) is 6.04. The van der Waals surface area contributed by atoms with Crippen molar-refractivity contribution in [2.75, 3.05) is 0 Å². The van der Waals surface area contributed by atoms with Gasteiger partial charge in [-0.05, 0) is 30.7 Å². The molecular weight excluding hydrogens is 373 g/mol. The summed E-state index contributed by atoms with van der Waals surface area (Å²) >= 11 is 14.0. The van der Waals surface area contributed by atoms with Crippen LogP contribution in [-0.2, 0) is 12.3 Å². The largest absolute Gasteiger partial charge is 0.298 e. The number of aromatic nitrogens is 3. The average Bonchev–Trinajstić information content (AvgIpc) is 2.97. The second-order valence-corrected chi connectivity index (χ2v) is 7.39. The zero-order valence-electron chi connectivity index (χ0n) is 13.7. The highest BCUT2D eigenvalue weighted by Crippen LogP contribution is 2.32. The van der Waals surface area contributed by atoms with E-state index in [4.69, 9.17) is 23.2 Å². The Morgan fingerprint density at radius 3 is 2.56 bits per heavy atom. The first-order valence-corrected chi connectivity index (χ1v) is 9.50. The van der Waals surface area contributed by atoms with Gasteiger partial charge in [0.25, 0.3) is 0 Å². The summed E-state index contributed by atoms with van der Waals surface area (Å²) in [6.45, 7) is 6.53. The van der Waals surface area contributed by atoms with Crippen molar-refractivity contribution in [1.82, 2.24) is 14.8 Å². The summed E-state index contributed by atoms with van der Waals surface area (Å²) in [4.78, 5) is 0. The standard InChI is InChI=1S/C19H17Cl2N3S/c1-3-10-24-18(16-9-8-15(20)11-17(16)21)22-23-19(24)25-12-14-6-4-13(2)5-7-14/h3-9,11H,1,10,12H2,2H3. The average molecular weight is 390 g/mol. The van der Waals surface area contributed by atoms with Gasteiger partial charge >= 0.3 is 0 Å². The monoisotopic (exact) mass is 389 g/mol. The molecule has 25 heavy (non-hydrogen) atoms. The van der Waals surface area contributed by atoms with Crippen molar-refractivity contribution in [3.05, 3.63) is 76.3 Å². The summed E-state index contributed by atoms with van der Waals surface area (Å²) < 4.78 is 2.01. The van der Waals surface area contributed by atoms with Gasteiger partial charge in [-0.25, -0.2) is 0 Å². The highest BCUT2D eigenvalue weighted by Gasteiger charge is 2.16. The topological polar surface area (TPSA) is 30.7 Å².